The third kappa shape index (κ3) is 8.11. The van der Waals surface area contributed by atoms with E-state index in [1.165, 1.54) is 0 Å². The van der Waals surface area contributed by atoms with Gasteiger partial charge in [-0.15, -0.1) is 0 Å². The Hall–Kier alpha value is -3.79. The predicted molar refractivity (Wildman–Crippen MR) is 163 cm³/mol. The maximum atomic E-state index is 13.0. The molecule has 1 amide bonds. The van der Waals surface area contributed by atoms with E-state index in [0.717, 1.165) is 23.6 Å². The number of hydrogen-bond donors (Lipinski definition) is 3. The fourth-order valence-corrected chi connectivity index (χ4v) is 5.42. The minimum absolute atomic E-state index is 0.245. The third-order valence-electron chi connectivity index (χ3n) is 6.17. The monoisotopic (exact) mass is 577 g/mol. The number of sulfonamides is 1. The van der Waals surface area contributed by atoms with Gasteiger partial charge in [-0.25, -0.2) is 13.4 Å². The second-order valence-corrected chi connectivity index (χ2v) is 11.6. The van der Waals surface area contributed by atoms with E-state index in [9.17, 15) is 13.2 Å². The zero-order chi connectivity index (χ0) is 28.5. The Morgan fingerprint density at radius 1 is 1.12 bits per heavy atom. The number of carbonyl (C=O) groups excluding carboxylic acids is 1. The highest BCUT2D eigenvalue weighted by atomic mass is 35.5. The van der Waals surface area contributed by atoms with Gasteiger partial charge in [-0.2, -0.15) is 4.72 Å². The van der Waals surface area contributed by atoms with Gasteiger partial charge in [-0.05, 0) is 69.2 Å². The number of nitrogens with one attached hydrogen (secondary N) is 3. The van der Waals surface area contributed by atoms with Gasteiger partial charge in [-0.1, -0.05) is 54.1 Å². The molecular formula is C30H32ClN5O3S. The van der Waals surface area contributed by atoms with Crippen LogP contribution >= 0.6 is 11.6 Å². The smallest absolute Gasteiger partial charge is 0.257 e. The zero-order valence-corrected chi connectivity index (χ0v) is 24.0. The summed E-state index contributed by atoms with van der Waals surface area (Å²) in [5, 5.41) is 3.47. The molecule has 3 N–H and O–H groups in total. The lowest BCUT2D eigenvalue weighted by molar-refractivity contribution is -0.116. The van der Waals surface area contributed by atoms with E-state index in [2.05, 4.69) is 37.2 Å². The summed E-state index contributed by atoms with van der Waals surface area (Å²) in [6, 6.07) is 0. The molecular weight excluding hydrogens is 546 g/mol. The van der Waals surface area contributed by atoms with Gasteiger partial charge in [0.15, 0.2) is 0 Å². The lowest BCUT2D eigenvalue weighted by Gasteiger charge is -2.14. The van der Waals surface area contributed by atoms with Crippen molar-refractivity contribution in [3.63, 3.8) is 0 Å². The number of allylic oxidation sites excluding steroid dienone is 14. The molecule has 208 valence electrons. The van der Waals surface area contributed by atoms with Crippen LogP contribution in [-0.4, -0.2) is 36.2 Å². The molecule has 3 aliphatic rings. The normalized spacial score (nSPS) is 19.3. The first-order valence-corrected chi connectivity index (χ1v) is 14.8. The molecule has 8 nitrogen and oxygen atoms in total. The molecule has 1 aromatic heterocycles. The number of fused-ring (bicyclic) bond motifs is 1. The van der Waals surface area contributed by atoms with Gasteiger partial charge >= 0.3 is 0 Å². The maximum absolute atomic E-state index is 13.0. The first kappa shape index (κ1) is 29.2. The van der Waals surface area contributed by atoms with Crippen molar-refractivity contribution in [2.75, 3.05) is 0 Å². The number of aromatic nitrogens is 2. The second kappa shape index (κ2) is 13.5. The highest BCUT2D eigenvalue weighted by Gasteiger charge is 2.22. The number of aliphatic imine (C=N–C) groups is 1. The highest BCUT2D eigenvalue weighted by molar-refractivity contribution is 7.93. The van der Waals surface area contributed by atoms with Gasteiger partial charge < -0.3 is 10.3 Å². The number of nitrogens with zero attached hydrogens (tertiary/aromatic N) is 2. The topological polar surface area (TPSA) is 116 Å². The average molecular weight is 578 g/mol. The first-order chi connectivity index (χ1) is 19.2. The van der Waals surface area contributed by atoms with Crippen LogP contribution in [0.3, 0.4) is 0 Å². The van der Waals surface area contributed by atoms with Crippen molar-refractivity contribution in [1.82, 2.24) is 20.0 Å². The van der Waals surface area contributed by atoms with Gasteiger partial charge in [0.1, 0.15) is 12.0 Å². The minimum atomic E-state index is -3.76. The zero-order valence-electron chi connectivity index (χ0n) is 22.4. The molecule has 2 aliphatic carbocycles. The Kier molecular flexibility index (Phi) is 9.87. The molecule has 1 aliphatic heterocycles. The van der Waals surface area contributed by atoms with E-state index >= 15 is 0 Å². The Bertz CT molecular complexity index is 1530. The molecule has 0 aromatic carbocycles. The molecule has 0 saturated carbocycles. The van der Waals surface area contributed by atoms with Crippen molar-refractivity contribution in [3.8, 4) is 0 Å². The SMILES string of the molecule is CC1=NC(NS(=O)(=O)C2=CC=CC=CC2)C=CC=C1C(=O)N/C(C)=C/C=C(/Cl)CCc1nc2c([nH]1)C=CCC=C2. The van der Waals surface area contributed by atoms with Crippen LogP contribution in [0, 0.1) is 0 Å². The quantitative estimate of drug-likeness (QED) is 0.335. The van der Waals surface area contributed by atoms with Crippen LogP contribution in [0.15, 0.2) is 99.1 Å². The first-order valence-electron chi connectivity index (χ1n) is 13.0. The number of aryl methyl sites for hydroxylation is 1. The van der Waals surface area contributed by atoms with Gasteiger partial charge in [0.05, 0.1) is 21.9 Å². The fourth-order valence-electron chi connectivity index (χ4n) is 4.09. The number of H-pyrrole nitrogens is 1. The van der Waals surface area contributed by atoms with Crippen LogP contribution in [-0.2, 0) is 21.2 Å². The van der Waals surface area contributed by atoms with E-state index in [-0.39, 0.29) is 17.2 Å². The maximum Gasteiger partial charge on any atom is 0.257 e. The van der Waals surface area contributed by atoms with E-state index < -0.39 is 16.2 Å². The summed E-state index contributed by atoms with van der Waals surface area (Å²) in [7, 11) is -3.76. The highest BCUT2D eigenvalue weighted by Crippen LogP contribution is 2.19. The number of imidazole rings is 1. The Morgan fingerprint density at radius 2 is 1.95 bits per heavy atom. The molecule has 0 spiro atoms. The number of hydrogen-bond acceptors (Lipinski definition) is 5. The van der Waals surface area contributed by atoms with E-state index in [0.29, 0.717) is 34.9 Å². The largest absolute Gasteiger partial charge is 0.342 e. The Morgan fingerprint density at radius 3 is 2.80 bits per heavy atom. The summed E-state index contributed by atoms with van der Waals surface area (Å²) in [6.45, 7) is 3.44. The average Bonchev–Trinajstić information content (AvgIpc) is 3.15. The molecule has 1 atom stereocenters. The molecule has 0 fully saturated rings. The standard InChI is InChI=1S/C30H32ClN5O3S/c1-21(17-18-23(31)19-20-28-34-26-14-8-5-9-15-27(26)35-28)32-30(37)25-13-10-16-29(33-22(25)2)36-40(38,39)24-11-6-3-4-7-12-24/h3-4,6-11,13-18,29,36H,5,12,19-20H2,1-2H3,(H,32,37)(H,34,35)/b21-17+,23-18+. The molecule has 0 saturated heterocycles. The number of rotatable bonds is 9. The predicted octanol–water partition coefficient (Wildman–Crippen LogP) is 5.52. The summed E-state index contributed by atoms with van der Waals surface area (Å²) in [5.74, 6) is 0.512. The van der Waals surface area contributed by atoms with E-state index in [1.807, 2.05) is 12.2 Å². The minimum Gasteiger partial charge on any atom is -0.342 e. The molecule has 0 radical (unpaired) electrons. The van der Waals surface area contributed by atoms with Crippen molar-refractivity contribution in [2.24, 2.45) is 4.99 Å². The van der Waals surface area contributed by atoms with Gasteiger partial charge in [0.25, 0.3) is 5.91 Å². The Balaban J connectivity index is 1.32. The fraction of sp³-hybridized carbons (Fsp3) is 0.233. The van der Waals surface area contributed by atoms with Crippen LogP contribution in [0.1, 0.15) is 50.3 Å². The summed E-state index contributed by atoms with van der Waals surface area (Å²) >= 11 is 6.42. The lowest BCUT2D eigenvalue weighted by Crippen LogP contribution is -2.34. The van der Waals surface area contributed by atoms with E-state index in [4.69, 9.17) is 11.6 Å². The van der Waals surface area contributed by atoms with Crippen LogP contribution in [0.25, 0.3) is 12.2 Å². The van der Waals surface area contributed by atoms with Crippen LogP contribution < -0.4 is 10.0 Å². The molecule has 4 rings (SSSR count). The second-order valence-electron chi connectivity index (χ2n) is 9.34. The summed E-state index contributed by atoms with van der Waals surface area (Å²) in [5.41, 5.74) is 3.27. The van der Waals surface area contributed by atoms with Crippen molar-refractivity contribution in [1.29, 1.82) is 0 Å². The van der Waals surface area contributed by atoms with Crippen molar-refractivity contribution < 1.29 is 13.2 Å². The molecule has 10 heteroatoms. The molecule has 0 bridgehead atoms. The number of carbonyl (C=O) groups is 1. The van der Waals surface area contributed by atoms with Gasteiger partial charge in [0, 0.05) is 29.3 Å². The molecule has 1 unspecified atom stereocenters. The third-order valence-corrected chi connectivity index (χ3v) is 8.03. The van der Waals surface area contributed by atoms with Gasteiger partial charge in [-0.3, -0.25) is 9.79 Å². The van der Waals surface area contributed by atoms with Crippen LogP contribution in [0.5, 0.6) is 0 Å². The van der Waals surface area contributed by atoms with Crippen molar-refractivity contribution in [3.05, 3.63) is 111 Å². The van der Waals surface area contributed by atoms with Crippen LogP contribution in [0.2, 0.25) is 0 Å². The van der Waals surface area contributed by atoms with Crippen molar-refractivity contribution >= 4 is 45.4 Å². The molecule has 40 heavy (non-hydrogen) atoms. The Labute approximate surface area is 240 Å². The number of amides is 1. The number of halogens is 1. The van der Waals surface area contributed by atoms with Crippen LogP contribution in [0.4, 0.5) is 0 Å². The lowest BCUT2D eigenvalue weighted by atomic mass is 10.1. The molecule has 2 heterocycles. The molecule has 1 aromatic rings. The summed E-state index contributed by atoms with van der Waals surface area (Å²) in [4.78, 5) is 25.6. The van der Waals surface area contributed by atoms with E-state index in [1.54, 1.807) is 74.6 Å². The van der Waals surface area contributed by atoms with Gasteiger partial charge in [0.2, 0.25) is 10.0 Å². The summed E-state index contributed by atoms with van der Waals surface area (Å²) in [6.07, 6.45) is 26.7. The number of aromatic amines is 1. The summed E-state index contributed by atoms with van der Waals surface area (Å²) < 4.78 is 28.2. The van der Waals surface area contributed by atoms with Crippen molar-refractivity contribution in [2.45, 2.75) is 45.7 Å².